The van der Waals surface area contributed by atoms with E-state index < -0.39 is 67.4 Å². The molecule has 1 fully saturated rings. The minimum absolute atomic E-state index is 0.109. The van der Waals surface area contributed by atoms with Crippen LogP contribution in [0.4, 0.5) is 0 Å². The maximum absolute atomic E-state index is 13.4. The lowest BCUT2D eigenvalue weighted by Crippen LogP contribution is -2.61. The van der Waals surface area contributed by atoms with E-state index in [4.69, 9.17) is 14.2 Å². The van der Waals surface area contributed by atoms with Gasteiger partial charge in [0, 0.05) is 6.42 Å². The average Bonchev–Trinajstić information content (AvgIpc) is 3.40. The molecule has 6 N–H and O–H groups in total. The fourth-order valence-electron chi connectivity index (χ4n) is 9.35. The number of aliphatic hydroxyl groups excluding tert-OH is 5. The third-order valence-corrected chi connectivity index (χ3v) is 14.2. The first kappa shape index (κ1) is 69.4. The first-order chi connectivity index (χ1) is 36.2. The van der Waals surface area contributed by atoms with E-state index in [-0.39, 0.29) is 19.4 Å². The van der Waals surface area contributed by atoms with Gasteiger partial charge in [-0.3, -0.25) is 9.59 Å². The Morgan fingerprint density at radius 2 is 0.986 bits per heavy atom. The van der Waals surface area contributed by atoms with Crippen molar-refractivity contribution in [1.29, 1.82) is 0 Å². The van der Waals surface area contributed by atoms with Crippen molar-refractivity contribution < 1.29 is 49.3 Å². The highest BCUT2D eigenvalue weighted by Crippen LogP contribution is 2.26. The van der Waals surface area contributed by atoms with Crippen molar-refractivity contribution in [2.75, 3.05) is 13.2 Å². The van der Waals surface area contributed by atoms with E-state index >= 15 is 0 Å². The second-order valence-corrected chi connectivity index (χ2v) is 21.1. The SMILES string of the molecule is CC/C=C/C=C/C=C/CCCCCCCCCC(=O)OC1C(OCC(NC(=O)C(O)CCCCCCCCCC/C=C/CCCCCCCC)C(O)/C=C/CCCCCCCCCCCC)OC(CO)C(O)C1O. The molecule has 74 heavy (non-hydrogen) atoms. The Morgan fingerprint density at radius 1 is 0.541 bits per heavy atom. The van der Waals surface area contributed by atoms with E-state index in [1.54, 1.807) is 6.08 Å². The number of aliphatic hydroxyl groups is 5. The number of rotatable bonds is 51. The third kappa shape index (κ3) is 38.8. The van der Waals surface area contributed by atoms with E-state index in [0.29, 0.717) is 12.8 Å². The standard InChI is InChI=1S/C63H113NO10/c1-4-7-10-13-16-19-22-25-27-28-29-31-32-35-38-41-44-47-50-56(67)62(71)64-54(55(66)49-46-43-40-37-34-24-21-18-15-12-9-6-3)53-72-63-61(60(70)59(69)57(52-65)73-63)74-58(68)51-48-45-42-39-36-33-30-26-23-20-17-14-11-8-5-2/h8,11,14,17,20,23,25,27,46,49,54-57,59-61,63,65-67,69-70H,4-7,9-10,12-13,15-16,18-19,21-22,24,26,28-45,47-48,50-53H2,1-3H3,(H,64,71)/b11-8+,17-14+,23-20+,27-25+,49-46+. The van der Waals surface area contributed by atoms with E-state index in [1.807, 2.05) is 12.2 Å². The summed E-state index contributed by atoms with van der Waals surface area (Å²) in [6.07, 6.45) is 52.6. The second kappa shape index (κ2) is 51.1. The van der Waals surface area contributed by atoms with E-state index in [0.717, 1.165) is 96.3 Å². The summed E-state index contributed by atoms with van der Waals surface area (Å²) in [4.78, 5) is 26.5. The minimum atomic E-state index is -1.62. The van der Waals surface area contributed by atoms with Gasteiger partial charge in [0.05, 0.1) is 25.4 Å². The molecule has 0 saturated carbocycles. The zero-order valence-electron chi connectivity index (χ0n) is 47.5. The van der Waals surface area contributed by atoms with Gasteiger partial charge in [-0.1, -0.05) is 248 Å². The van der Waals surface area contributed by atoms with E-state index in [1.165, 1.54) is 122 Å². The van der Waals surface area contributed by atoms with Crippen LogP contribution in [0.3, 0.4) is 0 Å². The van der Waals surface area contributed by atoms with Gasteiger partial charge in [0.1, 0.15) is 24.4 Å². The number of nitrogens with one attached hydrogen (secondary N) is 1. The molecule has 8 atom stereocenters. The topological polar surface area (TPSA) is 175 Å². The van der Waals surface area contributed by atoms with Gasteiger partial charge in [-0.15, -0.1) is 0 Å². The Hall–Kier alpha value is -2.64. The number of carbonyl (C=O) groups excluding carboxylic acids is 2. The Bertz CT molecular complexity index is 1430. The Morgan fingerprint density at radius 3 is 1.49 bits per heavy atom. The summed E-state index contributed by atoms with van der Waals surface area (Å²) in [5.41, 5.74) is 0. The maximum Gasteiger partial charge on any atom is 0.306 e. The number of amides is 1. The van der Waals surface area contributed by atoms with Crippen LogP contribution in [0.5, 0.6) is 0 Å². The zero-order chi connectivity index (χ0) is 54.0. The van der Waals surface area contributed by atoms with Crippen molar-refractivity contribution in [3.05, 3.63) is 60.8 Å². The lowest BCUT2D eigenvalue weighted by molar-refractivity contribution is -0.305. The molecule has 8 unspecified atom stereocenters. The Labute approximate surface area is 452 Å². The van der Waals surface area contributed by atoms with Crippen LogP contribution >= 0.6 is 0 Å². The molecule has 430 valence electrons. The highest BCUT2D eigenvalue weighted by Gasteiger charge is 2.47. The van der Waals surface area contributed by atoms with Crippen molar-refractivity contribution in [2.24, 2.45) is 0 Å². The van der Waals surface area contributed by atoms with Crippen molar-refractivity contribution in [1.82, 2.24) is 5.32 Å². The number of carbonyl (C=O) groups is 2. The molecule has 0 radical (unpaired) electrons. The molecule has 1 rings (SSSR count). The zero-order valence-corrected chi connectivity index (χ0v) is 47.5. The third-order valence-electron chi connectivity index (χ3n) is 14.2. The molecular weight excluding hydrogens is 931 g/mol. The summed E-state index contributed by atoms with van der Waals surface area (Å²) in [5.74, 6) is -1.21. The van der Waals surface area contributed by atoms with Gasteiger partial charge >= 0.3 is 5.97 Å². The molecule has 1 aliphatic rings. The van der Waals surface area contributed by atoms with Gasteiger partial charge < -0.3 is 45.1 Å². The van der Waals surface area contributed by atoms with Gasteiger partial charge in [-0.25, -0.2) is 0 Å². The van der Waals surface area contributed by atoms with Gasteiger partial charge in [-0.2, -0.15) is 0 Å². The van der Waals surface area contributed by atoms with Crippen LogP contribution in [0.2, 0.25) is 0 Å². The van der Waals surface area contributed by atoms with Crippen LogP contribution in [0.15, 0.2) is 60.8 Å². The second-order valence-electron chi connectivity index (χ2n) is 21.1. The van der Waals surface area contributed by atoms with E-state index in [2.05, 4.69) is 68.6 Å². The molecule has 0 bridgehead atoms. The molecule has 1 saturated heterocycles. The minimum Gasteiger partial charge on any atom is -0.454 e. The fourth-order valence-corrected chi connectivity index (χ4v) is 9.35. The smallest absolute Gasteiger partial charge is 0.306 e. The van der Waals surface area contributed by atoms with E-state index in [9.17, 15) is 35.1 Å². The molecule has 0 aliphatic carbocycles. The largest absolute Gasteiger partial charge is 0.454 e. The first-order valence-electron chi connectivity index (χ1n) is 30.6. The summed E-state index contributed by atoms with van der Waals surface area (Å²) in [7, 11) is 0. The number of hydrogen-bond donors (Lipinski definition) is 6. The van der Waals surface area contributed by atoms with Crippen LogP contribution in [0.1, 0.15) is 265 Å². The molecule has 1 amide bonds. The Balaban J connectivity index is 2.69. The molecule has 1 aliphatic heterocycles. The highest BCUT2D eigenvalue weighted by atomic mass is 16.7. The lowest BCUT2D eigenvalue weighted by Gasteiger charge is -2.41. The van der Waals surface area contributed by atoms with Crippen molar-refractivity contribution in [3.63, 3.8) is 0 Å². The van der Waals surface area contributed by atoms with Gasteiger partial charge in [0.15, 0.2) is 12.4 Å². The van der Waals surface area contributed by atoms with Crippen molar-refractivity contribution in [2.45, 2.75) is 314 Å². The van der Waals surface area contributed by atoms with Gasteiger partial charge in [0.25, 0.3) is 0 Å². The van der Waals surface area contributed by atoms with Crippen molar-refractivity contribution >= 4 is 11.9 Å². The van der Waals surface area contributed by atoms with Crippen LogP contribution < -0.4 is 5.32 Å². The number of allylic oxidation sites excluding steroid dienone is 9. The molecule has 1 heterocycles. The molecular formula is C63H113NO10. The van der Waals surface area contributed by atoms with Gasteiger partial charge in [0.2, 0.25) is 5.91 Å². The van der Waals surface area contributed by atoms with Crippen LogP contribution in [0, 0.1) is 0 Å². The quantitative estimate of drug-likeness (QED) is 0.0149. The number of unbranched alkanes of at least 4 members (excludes halogenated alkanes) is 31. The van der Waals surface area contributed by atoms with Crippen molar-refractivity contribution in [3.8, 4) is 0 Å². The van der Waals surface area contributed by atoms with Gasteiger partial charge in [-0.05, 0) is 70.6 Å². The highest BCUT2D eigenvalue weighted by molar-refractivity contribution is 5.80. The predicted molar refractivity (Wildman–Crippen MR) is 306 cm³/mol. The summed E-state index contributed by atoms with van der Waals surface area (Å²) >= 11 is 0. The average molecular weight is 1040 g/mol. The normalized spacial score (nSPS) is 19.7. The van der Waals surface area contributed by atoms with Crippen LogP contribution in [-0.4, -0.2) is 99.6 Å². The first-order valence-corrected chi connectivity index (χ1v) is 30.6. The molecule has 11 heteroatoms. The number of ether oxygens (including phenoxy) is 3. The summed E-state index contributed by atoms with van der Waals surface area (Å²) < 4.78 is 17.6. The van der Waals surface area contributed by atoms with Crippen LogP contribution in [0.25, 0.3) is 0 Å². The molecule has 11 nitrogen and oxygen atoms in total. The monoisotopic (exact) mass is 1040 g/mol. The molecule has 0 aromatic rings. The number of esters is 1. The fraction of sp³-hybridized carbons (Fsp3) is 0.810. The molecule has 0 aromatic carbocycles. The molecule has 0 aromatic heterocycles. The summed E-state index contributed by atoms with van der Waals surface area (Å²) in [6.45, 7) is 5.65. The Kier molecular flexibility index (Phi) is 47.9. The van der Waals surface area contributed by atoms with Crippen LogP contribution in [-0.2, 0) is 23.8 Å². The number of hydrogen-bond acceptors (Lipinski definition) is 10. The molecule has 0 spiro atoms. The summed E-state index contributed by atoms with van der Waals surface area (Å²) in [5, 5.41) is 56.9. The summed E-state index contributed by atoms with van der Waals surface area (Å²) in [6, 6.07) is -1.03. The lowest BCUT2D eigenvalue weighted by atomic mass is 9.99. The predicted octanol–water partition coefficient (Wildman–Crippen LogP) is 14.2. The maximum atomic E-state index is 13.4.